The van der Waals surface area contributed by atoms with E-state index in [0.29, 0.717) is 6.61 Å². The molecule has 3 heterocycles. The zero-order valence-corrected chi connectivity index (χ0v) is 16.5. The quantitative estimate of drug-likeness (QED) is 0.556. The van der Waals surface area contributed by atoms with Gasteiger partial charge >= 0.3 is 0 Å². The van der Waals surface area contributed by atoms with Crippen molar-refractivity contribution in [1.29, 1.82) is 0 Å². The Morgan fingerprint density at radius 3 is 3.08 bits per heavy atom. The molecule has 1 aliphatic heterocycles. The second kappa shape index (κ2) is 9.09. The Hall–Kier alpha value is -2.00. The lowest BCUT2D eigenvalue weighted by molar-refractivity contribution is 0.177. The smallest absolute Gasteiger partial charge is 0.191 e. The molecule has 1 atom stereocenters. The number of ether oxygens (including phenoxy) is 1. The maximum atomic E-state index is 5.12. The van der Waals surface area contributed by atoms with Crippen LogP contribution in [0.1, 0.15) is 35.7 Å². The Morgan fingerprint density at radius 2 is 2.35 bits per heavy atom. The summed E-state index contributed by atoms with van der Waals surface area (Å²) >= 11 is 1.73. The molecule has 0 aromatic carbocycles. The van der Waals surface area contributed by atoms with Crippen LogP contribution in [0.4, 0.5) is 0 Å². The van der Waals surface area contributed by atoms with Gasteiger partial charge in [0.25, 0.3) is 0 Å². The van der Waals surface area contributed by atoms with Gasteiger partial charge in [-0.25, -0.2) is 14.6 Å². The van der Waals surface area contributed by atoms with Gasteiger partial charge in [0.2, 0.25) is 0 Å². The molecule has 2 aromatic heterocycles. The number of guanidine groups is 1. The number of aliphatic imine (C=N–C) groups is 1. The van der Waals surface area contributed by atoms with Crippen LogP contribution >= 0.6 is 11.3 Å². The van der Waals surface area contributed by atoms with Crippen LogP contribution in [0.15, 0.2) is 10.4 Å². The van der Waals surface area contributed by atoms with Crippen molar-refractivity contribution in [3.8, 4) is 0 Å². The van der Waals surface area contributed by atoms with E-state index in [-0.39, 0.29) is 6.04 Å². The first-order chi connectivity index (χ1) is 12.7. The van der Waals surface area contributed by atoms with Crippen LogP contribution in [-0.4, -0.2) is 52.5 Å². The van der Waals surface area contributed by atoms with Crippen molar-refractivity contribution in [2.24, 2.45) is 4.99 Å². The van der Waals surface area contributed by atoms with Crippen molar-refractivity contribution in [2.45, 2.75) is 51.8 Å². The highest BCUT2D eigenvalue weighted by Crippen LogP contribution is 2.13. The summed E-state index contributed by atoms with van der Waals surface area (Å²) in [6.07, 6.45) is 3.82. The number of nitrogens with zero attached hydrogens (tertiary/aromatic N) is 5. The SMILES string of the molecule is CCc1nc(CCNC(=NC)NC2CCc3nc(COC)nn3C2)cs1. The first-order valence-electron chi connectivity index (χ1n) is 9.03. The van der Waals surface area contributed by atoms with E-state index in [9.17, 15) is 0 Å². The van der Waals surface area contributed by atoms with E-state index in [2.05, 4.69) is 43.0 Å². The molecule has 0 amide bonds. The number of aromatic nitrogens is 4. The predicted octanol–water partition coefficient (Wildman–Crippen LogP) is 1.17. The second-order valence-electron chi connectivity index (χ2n) is 6.27. The Morgan fingerprint density at radius 1 is 1.46 bits per heavy atom. The molecule has 0 spiro atoms. The second-order valence-corrected chi connectivity index (χ2v) is 7.22. The Balaban J connectivity index is 1.47. The maximum Gasteiger partial charge on any atom is 0.191 e. The van der Waals surface area contributed by atoms with E-state index in [4.69, 9.17) is 4.74 Å². The summed E-state index contributed by atoms with van der Waals surface area (Å²) in [4.78, 5) is 13.4. The van der Waals surface area contributed by atoms with Crippen molar-refractivity contribution >= 4 is 17.3 Å². The lowest BCUT2D eigenvalue weighted by Crippen LogP contribution is -2.47. The van der Waals surface area contributed by atoms with Gasteiger partial charge in [-0.3, -0.25) is 4.99 Å². The standard InChI is InChI=1S/C17H27N7OS/c1-4-16-20-13(11-26-16)7-8-19-17(18-2)21-12-5-6-15-22-14(10-25-3)23-24(15)9-12/h11-12H,4-10H2,1-3H3,(H2,18,19,21). The fourth-order valence-electron chi connectivity index (χ4n) is 2.99. The topological polar surface area (TPSA) is 89.2 Å². The zero-order valence-electron chi connectivity index (χ0n) is 15.7. The van der Waals surface area contributed by atoms with Crippen LogP contribution in [0.3, 0.4) is 0 Å². The number of nitrogens with one attached hydrogen (secondary N) is 2. The molecule has 8 nitrogen and oxygen atoms in total. The highest BCUT2D eigenvalue weighted by Gasteiger charge is 2.22. The van der Waals surface area contributed by atoms with Crippen molar-refractivity contribution < 1.29 is 4.74 Å². The van der Waals surface area contributed by atoms with Crippen LogP contribution in [0.25, 0.3) is 0 Å². The minimum atomic E-state index is 0.289. The van der Waals surface area contributed by atoms with Gasteiger partial charge < -0.3 is 15.4 Å². The molecule has 0 fully saturated rings. The highest BCUT2D eigenvalue weighted by molar-refractivity contribution is 7.09. The molecular weight excluding hydrogens is 350 g/mol. The fraction of sp³-hybridized carbons (Fsp3) is 0.647. The van der Waals surface area contributed by atoms with Gasteiger partial charge in [-0.15, -0.1) is 11.3 Å². The van der Waals surface area contributed by atoms with Crippen molar-refractivity contribution in [1.82, 2.24) is 30.4 Å². The van der Waals surface area contributed by atoms with Crippen molar-refractivity contribution in [3.63, 3.8) is 0 Å². The predicted molar refractivity (Wildman–Crippen MR) is 103 cm³/mol. The average molecular weight is 378 g/mol. The van der Waals surface area contributed by atoms with E-state index in [1.165, 1.54) is 5.01 Å². The normalized spacial score (nSPS) is 17.2. The summed E-state index contributed by atoms with van der Waals surface area (Å²) in [5.74, 6) is 2.61. The Kier molecular flexibility index (Phi) is 6.56. The molecule has 0 aliphatic carbocycles. The number of methoxy groups -OCH3 is 1. The van der Waals surface area contributed by atoms with E-state index in [1.807, 2.05) is 4.68 Å². The van der Waals surface area contributed by atoms with Gasteiger partial charge in [0.1, 0.15) is 12.4 Å². The third kappa shape index (κ3) is 4.79. The van der Waals surface area contributed by atoms with Crippen molar-refractivity contribution in [2.75, 3.05) is 20.7 Å². The number of thiazole rings is 1. The van der Waals surface area contributed by atoms with Crippen LogP contribution in [-0.2, 0) is 37.2 Å². The van der Waals surface area contributed by atoms with Gasteiger partial charge in [0.15, 0.2) is 11.8 Å². The minimum absolute atomic E-state index is 0.289. The third-order valence-corrected chi connectivity index (χ3v) is 5.36. The van der Waals surface area contributed by atoms with E-state index in [0.717, 1.165) is 62.1 Å². The molecule has 0 radical (unpaired) electrons. The first kappa shape index (κ1) is 18.8. The minimum Gasteiger partial charge on any atom is -0.377 e. The maximum absolute atomic E-state index is 5.12. The van der Waals surface area contributed by atoms with Gasteiger partial charge in [-0.2, -0.15) is 5.10 Å². The molecule has 1 aliphatic rings. The number of hydrogen-bond donors (Lipinski definition) is 2. The van der Waals surface area contributed by atoms with E-state index in [1.54, 1.807) is 25.5 Å². The molecule has 0 bridgehead atoms. The summed E-state index contributed by atoms with van der Waals surface area (Å²) in [5.41, 5.74) is 1.14. The van der Waals surface area contributed by atoms with Gasteiger partial charge in [-0.1, -0.05) is 6.92 Å². The summed E-state index contributed by atoms with van der Waals surface area (Å²) < 4.78 is 7.09. The zero-order chi connectivity index (χ0) is 18.4. The molecule has 1 unspecified atom stereocenters. The lowest BCUT2D eigenvalue weighted by atomic mass is 10.1. The summed E-state index contributed by atoms with van der Waals surface area (Å²) in [6.45, 7) is 4.19. The average Bonchev–Trinajstić information content (AvgIpc) is 3.27. The van der Waals surface area contributed by atoms with E-state index < -0.39 is 0 Å². The van der Waals surface area contributed by atoms with Crippen LogP contribution in [0.2, 0.25) is 0 Å². The molecule has 2 aromatic rings. The molecule has 26 heavy (non-hydrogen) atoms. The van der Waals surface area contributed by atoms with Crippen LogP contribution < -0.4 is 10.6 Å². The third-order valence-electron chi connectivity index (χ3n) is 4.32. The number of aryl methyl sites for hydroxylation is 2. The fourth-order valence-corrected chi connectivity index (χ4v) is 3.77. The monoisotopic (exact) mass is 377 g/mol. The molecule has 0 saturated carbocycles. The van der Waals surface area contributed by atoms with Crippen LogP contribution in [0.5, 0.6) is 0 Å². The molecule has 9 heteroatoms. The molecular formula is C17H27N7OS. The van der Waals surface area contributed by atoms with Gasteiger partial charge in [-0.05, 0) is 12.8 Å². The number of rotatable bonds is 7. The van der Waals surface area contributed by atoms with Crippen molar-refractivity contribution in [3.05, 3.63) is 27.7 Å². The van der Waals surface area contributed by atoms with Gasteiger partial charge in [0, 0.05) is 45.0 Å². The highest BCUT2D eigenvalue weighted by atomic mass is 32.1. The van der Waals surface area contributed by atoms with Crippen LogP contribution in [0, 0.1) is 0 Å². The Labute approximate surface area is 158 Å². The molecule has 2 N–H and O–H groups in total. The van der Waals surface area contributed by atoms with E-state index >= 15 is 0 Å². The molecule has 142 valence electrons. The molecule has 3 rings (SSSR count). The first-order valence-corrected chi connectivity index (χ1v) is 9.91. The number of fused-ring (bicyclic) bond motifs is 1. The summed E-state index contributed by atoms with van der Waals surface area (Å²) in [5, 5.41) is 14.7. The molecule has 0 saturated heterocycles. The largest absolute Gasteiger partial charge is 0.377 e. The van der Waals surface area contributed by atoms with Gasteiger partial charge in [0.05, 0.1) is 17.2 Å². The lowest BCUT2D eigenvalue weighted by Gasteiger charge is -2.25. The Bertz CT molecular complexity index is 739. The summed E-state index contributed by atoms with van der Waals surface area (Å²) in [6, 6.07) is 0.289. The summed E-state index contributed by atoms with van der Waals surface area (Å²) in [7, 11) is 3.46. The number of hydrogen-bond acceptors (Lipinski definition) is 6.